The quantitative estimate of drug-likeness (QED) is 0.457. The van der Waals surface area contributed by atoms with E-state index in [-0.39, 0.29) is 12.3 Å². The number of hydrogen-bond donors (Lipinski definition) is 1. The van der Waals surface area contributed by atoms with E-state index in [1.165, 1.54) is 0 Å². The zero-order valence-electron chi connectivity index (χ0n) is 18.3. The molecule has 0 bridgehead atoms. The summed E-state index contributed by atoms with van der Waals surface area (Å²) in [6, 6.07) is 18.1. The molecule has 0 spiro atoms. The molecule has 0 aromatic heterocycles. The van der Waals surface area contributed by atoms with Gasteiger partial charge >= 0.3 is 0 Å². The molecule has 0 radical (unpaired) electrons. The number of benzene rings is 2. The summed E-state index contributed by atoms with van der Waals surface area (Å²) in [5.41, 5.74) is 6.73. The Morgan fingerprint density at radius 3 is 2.39 bits per heavy atom. The second-order valence-corrected chi connectivity index (χ2v) is 9.08. The maximum Gasteiger partial charge on any atom is 0.231 e. The summed E-state index contributed by atoms with van der Waals surface area (Å²) in [5.74, 6) is 0.170. The first-order valence-corrected chi connectivity index (χ1v) is 11.8. The van der Waals surface area contributed by atoms with Crippen LogP contribution in [0.4, 0.5) is 5.69 Å². The lowest BCUT2D eigenvalue weighted by molar-refractivity contribution is -0.138. The third kappa shape index (κ3) is 5.27. The van der Waals surface area contributed by atoms with Crippen LogP contribution in [0.3, 0.4) is 0 Å². The molecule has 2 amide bonds. The Hall–Kier alpha value is -3.13. The van der Waals surface area contributed by atoms with Crippen LogP contribution < -0.4 is 15.4 Å². The van der Waals surface area contributed by atoms with Crippen molar-refractivity contribution in [2.75, 3.05) is 31.1 Å². The van der Waals surface area contributed by atoms with Gasteiger partial charge in [0.05, 0.1) is 0 Å². The largest absolute Gasteiger partial charge is 0.489 e. The van der Waals surface area contributed by atoms with E-state index in [9.17, 15) is 9.59 Å². The van der Waals surface area contributed by atoms with Gasteiger partial charge in [0.2, 0.25) is 11.8 Å². The summed E-state index contributed by atoms with van der Waals surface area (Å²) in [7, 11) is 0. The van der Waals surface area contributed by atoms with Gasteiger partial charge in [-0.1, -0.05) is 52.3 Å². The Balaban J connectivity index is 1.30. The molecule has 2 aromatic carbocycles. The Morgan fingerprint density at radius 1 is 1.06 bits per heavy atom. The standard InChI is InChI=1S/C25H27BrN4O3/c26-23-25(24(27)32,11-4-12-28-23)17-22(31)30-15-13-29(14-16-30)20-7-9-21(10-8-20)33-18-19-5-2-1-3-6-19/h1-12,23H,13-18H2,(H2,27,32). The number of hydrogen-bond acceptors (Lipinski definition) is 5. The average Bonchev–Trinajstić information content (AvgIpc) is 2.85. The van der Waals surface area contributed by atoms with Crippen LogP contribution in [0.2, 0.25) is 0 Å². The van der Waals surface area contributed by atoms with E-state index in [1.54, 1.807) is 23.3 Å². The first-order chi connectivity index (χ1) is 16.0. The number of anilines is 1. The lowest BCUT2D eigenvalue weighted by atomic mass is 9.81. The van der Waals surface area contributed by atoms with Gasteiger partial charge in [-0.2, -0.15) is 0 Å². The smallest absolute Gasteiger partial charge is 0.231 e. The number of aliphatic imine (C=N–C) groups is 1. The molecule has 2 heterocycles. The van der Waals surface area contributed by atoms with E-state index in [1.807, 2.05) is 54.6 Å². The Labute approximate surface area is 202 Å². The Kier molecular flexibility index (Phi) is 7.13. The number of nitrogens with zero attached hydrogens (tertiary/aromatic N) is 3. The van der Waals surface area contributed by atoms with Crippen molar-refractivity contribution in [3.8, 4) is 5.75 Å². The number of rotatable bonds is 7. The number of carbonyl (C=O) groups is 2. The highest BCUT2D eigenvalue weighted by Gasteiger charge is 2.45. The van der Waals surface area contributed by atoms with Crippen molar-refractivity contribution in [3.05, 3.63) is 72.3 Å². The topological polar surface area (TPSA) is 88.2 Å². The summed E-state index contributed by atoms with van der Waals surface area (Å²) in [5, 5.41) is 0. The fraction of sp³-hybridized carbons (Fsp3) is 0.320. The number of amides is 2. The molecule has 2 aliphatic rings. The van der Waals surface area contributed by atoms with Gasteiger partial charge in [-0.3, -0.25) is 14.6 Å². The van der Waals surface area contributed by atoms with E-state index in [0.717, 1.165) is 17.0 Å². The van der Waals surface area contributed by atoms with Gasteiger partial charge < -0.3 is 20.3 Å². The third-order valence-electron chi connectivity index (χ3n) is 6.11. The first-order valence-electron chi connectivity index (χ1n) is 10.9. The van der Waals surface area contributed by atoms with Crippen LogP contribution in [0, 0.1) is 5.41 Å². The minimum absolute atomic E-state index is 0.000456. The number of primary amides is 1. The normalized spacial score (nSPS) is 22.3. The third-order valence-corrected chi connectivity index (χ3v) is 7.16. The van der Waals surface area contributed by atoms with E-state index in [0.29, 0.717) is 32.8 Å². The summed E-state index contributed by atoms with van der Waals surface area (Å²) in [6.45, 7) is 3.12. The highest BCUT2D eigenvalue weighted by atomic mass is 79.9. The average molecular weight is 511 g/mol. The molecule has 2 atom stereocenters. The lowest BCUT2D eigenvalue weighted by Gasteiger charge is -2.38. The fourth-order valence-electron chi connectivity index (χ4n) is 4.05. The van der Waals surface area contributed by atoms with Gasteiger partial charge in [0.25, 0.3) is 0 Å². The molecular formula is C25H27BrN4O3. The number of ether oxygens (including phenoxy) is 1. The van der Waals surface area contributed by atoms with E-state index in [2.05, 4.69) is 25.8 Å². The van der Waals surface area contributed by atoms with Gasteiger partial charge in [-0.05, 0) is 35.9 Å². The monoisotopic (exact) mass is 510 g/mol. The molecule has 2 aromatic rings. The summed E-state index contributed by atoms with van der Waals surface area (Å²) >= 11 is 3.40. The number of piperazine rings is 1. The highest BCUT2D eigenvalue weighted by Crippen LogP contribution is 2.37. The van der Waals surface area contributed by atoms with Crippen LogP contribution in [0.25, 0.3) is 0 Å². The molecule has 8 heteroatoms. The van der Waals surface area contributed by atoms with Crippen molar-refractivity contribution >= 4 is 39.6 Å². The van der Waals surface area contributed by atoms with Crippen LogP contribution in [-0.2, 0) is 16.2 Å². The molecule has 7 nitrogen and oxygen atoms in total. The summed E-state index contributed by atoms with van der Waals surface area (Å²) in [6.07, 6.45) is 4.94. The van der Waals surface area contributed by atoms with Crippen molar-refractivity contribution in [1.82, 2.24) is 4.90 Å². The van der Waals surface area contributed by atoms with E-state index < -0.39 is 16.3 Å². The molecule has 1 fully saturated rings. The highest BCUT2D eigenvalue weighted by molar-refractivity contribution is 9.09. The predicted molar refractivity (Wildman–Crippen MR) is 133 cm³/mol. The molecule has 2 unspecified atom stereocenters. The number of dihydropyridines is 1. The molecular weight excluding hydrogens is 484 g/mol. The molecule has 2 aliphatic heterocycles. The minimum atomic E-state index is -1.14. The minimum Gasteiger partial charge on any atom is -0.489 e. The number of alkyl halides is 1. The second kappa shape index (κ2) is 10.2. The Bertz CT molecular complexity index is 1030. The van der Waals surface area contributed by atoms with Crippen LogP contribution in [0.15, 0.2) is 71.7 Å². The molecule has 2 N–H and O–H groups in total. The van der Waals surface area contributed by atoms with E-state index >= 15 is 0 Å². The fourth-order valence-corrected chi connectivity index (χ4v) is 4.73. The van der Waals surface area contributed by atoms with E-state index in [4.69, 9.17) is 10.5 Å². The molecule has 1 saturated heterocycles. The van der Waals surface area contributed by atoms with Crippen LogP contribution in [-0.4, -0.2) is 54.1 Å². The van der Waals surface area contributed by atoms with Crippen LogP contribution >= 0.6 is 15.9 Å². The van der Waals surface area contributed by atoms with Crippen molar-refractivity contribution in [1.29, 1.82) is 0 Å². The van der Waals surface area contributed by atoms with Gasteiger partial charge in [0.1, 0.15) is 22.7 Å². The molecule has 4 rings (SSSR count). The zero-order chi connectivity index (χ0) is 23.3. The van der Waals surface area contributed by atoms with Gasteiger partial charge in [-0.25, -0.2) is 0 Å². The number of nitrogens with two attached hydrogens (primary N) is 1. The number of halogens is 1. The van der Waals surface area contributed by atoms with Crippen molar-refractivity contribution in [2.45, 2.75) is 18.0 Å². The molecule has 0 saturated carbocycles. The van der Waals surface area contributed by atoms with Gasteiger partial charge in [0.15, 0.2) is 0 Å². The Morgan fingerprint density at radius 2 is 1.76 bits per heavy atom. The SMILES string of the molecule is NC(=O)C1(CC(=O)N2CCN(c3ccc(OCc4ccccc4)cc3)CC2)C=CC=NC1Br. The first kappa shape index (κ1) is 23.0. The predicted octanol–water partition coefficient (Wildman–Crippen LogP) is 3.14. The summed E-state index contributed by atoms with van der Waals surface area (Å²) in [4.78, 5) is 32.9. The van der Waals surface area contributed by atoms with Crippen LogP contribution in [0.5, 0.6) is 5.75 Å². The maximum atomic E-state index is 13.0. The zero-order valence-corrected chi connectivity index (χ0v) is 19.9. The number of carbonyl (C=O) groups excluding carboxylic acids is 2. The van der Waals surface area contributed by atoms with Crippen LogP contribution in [0.1, 0.15) is 12.0 Å². The lowest BCUT2D eigenvalue weighted by Crippen LogP contribution is -2.52. The number of allylic oxidation sites excluding steroid dienone is 1. The van der Waals surface area contributed by atoms with Crippen molar-refractivity contribution < 1.29 is 14.3 Å². The van der Waals surface area contributed by atoms with Crippen molar-refractivity contribution in [2.24, 2.45) is 16.1 Å². The summed E-state index contributed by atoms with van der Waals surface area (Å²) < 4.78 is 5.86. The van der Waals surface area contributed by atoms with Crippen molar-refractivity contribution in [3.63, 3.8) is 0 Å². The molecule has 172 valence electrons. The van der Waals surface area contributed by atoms with Gasteiger partial charge in [0, 0.05) is 44.5 Å². The van der Waals surface area contributed by atoms with Gasteiger partial charge in [-0.15, -0.1) is 0 Å². The maximum absolute atomic E-state index is 13.0. The molecule has 33 heavy (non-hydrogen) atoms. The molecule has 0 aliphatic carbocycles. The second-order valence-electron chi connectivity index (χ2n) is 8.21.